The van der Waals surface area contributed by atoms with Crippen LogP contribution in [-0.4, -0.2) is 6.54 Å². The van der Waals surface area contributed by atoms with Crippen molar-refractivity contribution in [2.24, 2.45) is 5.73 Å². The number of nitrogens with two attached hydrogens (primary N) is 1. The summed E-state index contributed by atoms with van der Waals surface area (Å²) in [6.07, 6.45) is 2.28. The fraction of sp³-hybridized carbons (Fsp3) is 0.333. The molecular formula is C18H23ClN2. The van der Waals surface area contributed by atoms with Gasteiger partial charge in [0.15, 0.2) is 0 Å². The molecule has 2 aromatic rings. The van der Waals surface area contributed by atoms with Gasteiger partial charge in [-0.25, -0.2) is 0 Å². The molecule has 0 amide bonds. The number of hydrogen-bond acceptors (Lipinski definition) is 2. The van der Waals surface area contributed by atoms with Gasteiger partial charge in [0.1, 0.15) is 0 Å². The minimum atomic E-state index is -0.00244. The average Bonchev–Trinajstić information content (AvgIpc) is 2.50. The summed E-state index contributed by atoms with van der Waals surface area (Å²) in [5, 5.41) is 0.754. The highest BCUT2D eigenvalue weighted by molar-refractivity contribution is 6.33. The molecule has 2 nitrogen and oxygen atoms in total. The van der Waals surface area contributed by atoms with Crippen molar-refractivity contribution < 1.29 is 0 Å². The predicted molar refractivity (Wildman–Crippen MR) is 92.4 cm³/mol. The number of benzene rings is 2. The molecule has 0 saturated heterocycles. The Labute approximate surface area is 132 Å². The summed E-state index contributed by atoms with van der Waals surface area (Å²) in [7, 11) is 0. The van der Waals surface area contributed by atoms with Crippen molar-refractivity contribution in [2.45, 2.75) is 32.7 Å². The molecule has 0 bridgehead atoms. The number of nitrogens with zero attached hydrogens (tertiary/aromatic N) is 1. The van der Waals surface area contributed by atoms with Crippen molar-refractivity contribution in [2.75, 3.05) is 11.4 Å². The first-order chi connectivity index (χ1) is 10.1. The van der Waals surface area contributed by atoms with Crippen LogP contribution in [0.2, 0.25) is 5.02 Å². The largest absolute Gasteiger partial charge is 0.340 e. The molecule has 0 radical (unpaired) electrons. The molecule has 21 heavy (non-hydrogen) atoms. The lowest BCUT2D eigenvalue weighted by atomic mass is 10.1. The van der Waals surface area contributed by atoms with E-state index in [1.807, 2.05) is 19.1 Å². The Morgan fingerprint density at radius 3 is 2.43 bits per heavy atom. The SMILES string of the molecule is CCCCN(c1ccccc1)c1ccc([C@@H](C)N)cc1Cl. The molecular weight excluding hydrogens is 280 g/mol. The van der Waals surface area contributed by atoms with Crippen LogP contribution >= 0.6 is 11.6 Å². The number of hydrogen-bond donors (Lipinski definition) is 1. The number of para-hydroxylation sites is 1. The molecule has 0 saturated carbocycles. The molecule has 0 fully saturated rings. The Morgan fingerprint density at radius 1 is 1.14 bits per heavy atom. The van der Waals surface area contributed by atoms with Gasteiger partial charge in [-0.05, 0) is 43.2 Å². The summed E-state index contributed by atoms with van der Waals surface area (Å²) in [5.41, 5.74) is 9.20. The summed E-state index contributed by atoms with van der Waals surface area (Å²) in [4.78, 5) is 2.27. The molecule has 1 atom stereocenters. The third-order valence-electron chi connectivity index (χ3n) is 3.59. The summed E-state index contributed by atoms with van der Waals surface area (Å²) in [6, 6.07) is 16.5. The van der Waals surface area contributed by atoms with Crippen molar-refractivity contribution >= 4 is 23.0 Å². The maximum Gasteiger partial charge on any atom is 0.0646 e. The zero-order chi connectivity index (χ0) is 15.2. The zero-order valence-corrected chi connectivity index (χ0v) is 13.5. The second-order valence-corrected chi connectivity index (χ2v) is 5.75. The summed E-state index contributed by atoms with van der Waals surface area (Å²) >= 11 is 6.50. The van der Waals surface area contributed by atoms with Gasteiger partial charge in [-0.2, -0.15) is 0 Å². The minimum absolute atomic E-state index is 0.00244. The quantitative estimate of drug-likeness (QED) is 0.784. The van der Waals surface area contributed by atoms with Gasteiger partial charge in [0.2, 0.25) is 0 Å². The van der Waals surface area contributed by atoms with Gasteiger partial charge in [0, 0.05) is 18.3 Å². The third kappa shape index (κ3) is 3.99. The van der Waals surface area contributed by atoms with Crippen LogP contribution in [0.4, 0.5) is 11.4 Å². The monoisotopic (exact) mass is 302 g/mol. The second kappa shape index (κ2) is 7.48. The standard InChI is InChI=1S/C18H23ClN2/c1-3-4-12-21(16-8-6-5-7-9-16)18-11-10-15(14(2)20)13-17(18)19/h5-11,13-14H,3-4,12,20H2,1-2H3/t14-/m1/s1. The van der Waals surface area contributed by atoms with E-state index in [9.17, 15) is 0 Å². The number of rotatable bonds is 6. The lowest BCUT2D eigenvalue weighted by Gasteiger charge is -2.26. The maximum atomic E-state index is 6.50. The predicted octanol–water partition coefficient (Wildman–Crippen LogP) is 5.30. The Bertz CT molecular complexity index is 567. The molecule has 2 rings (SSSR count). The van der Waals surface area contributed by atoms with Gasteiger partial charge in [-0.15, -0.1) is 0 Å². The van der Waals surface area contributed by atoms with Gasteiger partial charge >= 0.3 is 0 Å². The highest BCUT2D eigenvalue weighted by atomic mass is 35.5. The number of halogens is 1. The molecule has 0 spiro atoms. The van der Waals surface area contributed by atoms with Crippen LogP contribution in [-0.2, 0) is 0 Å². The van der Waals surface area contributed by atoms with Crippen molar-refractivity contribution in [3.63, 3.8) is 0 Å². The van der Waals surface area contributed by atoms with Crippen molar-refractivity contribution in [3.8, 4) is 0 Å². The topological polar surface area (TPSA) is 29.3 Å². The Morgan fingerprint density at radius 2 is 1.86 bits per heavy atom. The van der Waals surface area contributed by atoms with E-state index in [2.05, 4.69) is 48.2 Å². The van der Waals surface area contributed by atoms with Crippen molar-refractivity contribution in [1.82, 2.24) is 0 Å². The van der Waals surface area contributed by atoms with Gasteiger partial charge in [0.25, 0.3) is 0 Å². The lowest BCUT2D eigenvalue weighted by molar-refractivity contribution is 0.784. The van der Waals surface area contributed by atoms with E-state index in [4.69, 9.17) is 17.3 Å². The summed E-state index contributed by atoms with van der Waals surface area (Å²) in [6.45, 7) is 5.12. The Balaban J connectivity index is 2.37. The molecule has 112 valence electrons. The van der Waals surface area contributed by atoms with Crippen LogP contribution < -0.4 is 10.6 Å². The van der Waals surface area contributed by atoms with Crippen LogP contribution in [0.1, 0.15) is 38.3 Å². The molecule has 3 heteroatoms. The van der Waals surface area contributed by atoms with E-state index in [1.165, 1.54) is 5.69 Å². The van der Waals surface area contributed by atoms with E-state index < -0.39 is 0 Å². The minimum Gasteiger partial charge on any atom is -0.340 e. The lowest BCUT2D eigenvalue weighted by Crippen LogP contribution is -2.19. The average molecular weight is 303 g/mol. The molecule has 0 aliphatic carbocycles. The number of unbranched alkanes of at least 4 members (excludes halogenated alkanes) is 1. The fourth-order valence-electron chi connectivity index (χ4n) is 2.34. The van der Waals surface area contributed by atoms with Crippen LogP contribution in [0.5, 0.6) is 0 Å². The highest BCUT2D eigenvalue weighted by Crippen LogP contribution is 2.33. The van der Waals surface area contributed by atoms with Gasteiger partial charge < -0.3 is 10.6 Å². The highest BCUT2D eigenvalue weighted by Gasteiger charge is 2.13. The molecule has 0 heterocycles. The second-order valence-electron chi connectivity index (χ2n) is 5.34. The van der Waals surface area contributed by atoms with Crippen LogP contribution in [0, 0.1) is 0 Å². The van der Waals surface area contributed by atoms with E-state index in [0.29, 0.717) is 0 Å². The Kier molecular flexibility index (Phi) is 5.66. The van der Waals surface area contributed by atoms with E-state index in [0.717, 1.165) is 35.7 Å². The Hall–Kier alpha value is -1.51. The smallest absolute Gasteiger partial charge is 0.0646 e. The van der Waals surface area contributed by atoms with Gasteiger partial charge in [0.05, 0.1) is 10.7 Å². The molecule has 2 N–H and O–H groups in total. The van der Waals surface area contributed by atoms with Crippen LogP contribution in [0.3, 0.4) is 0 Å². The zero-order valence-electron chi connectivity index (χ0n) is 12.7. The van der Waals surface area contributed by atoms with E-state index in [-0.39, 0.29) is 6.04 Å². The third-order valence-corrected chi connectivity index (χ3v) is 3.89. The molecule has 0 unspecified atom stereocenters. The molecule has 0 aromatic heterocycles. The number of anilines is 2. The van der Waals surface area contributed by atoms with Gasteiger partial charge in [-0.1, -0.05) is 49.2 Å². The van der Waals surface area contributed by atoms with Crippen LogP contribution in [0.25, 0.3) is 0 Å². The van der Waals surface area contributed by atoms with Crippen molar-refractivity contribution in [3.05, 3.63) is 59.1 Å². The molecule has 2 aromatic carbocycles. The first-order valence-corrected chi connectivity index (χ1v) is 7.89. The summed E-state index contributed by atoms with van der Waals surface area (Å²) < 4.78 is 0. The first-order valence-electron chi connectivity index (χ1n) is 7.51. The maximum absolute atomic E-state index is 6.50. The first kappa shape index (κ1) is 15.9. The van der Waals surface area contributed by atoms with E-state index >= 15 is 0 Å². The van der Waals surface area contributed by atoms with Crippen LogP contribution in [0.15, 0.2) is 48.5 Å². The van der Waals surface area contributed by atoms with Crippen molar-refractivity contribution in [1.29, 1.82) is 0 Å². The molecule has 0 aliphatic heterocycles. The normalized spacial score (nSPS) is 12.2. The van der Waals surface area contributed by atoms with Gasteiger partial charge in [-0.3, -0.25) is 0 Å². The summed E-state index contributed by atoms with van der Waals surface area (Å²) in [5.74, 6) is 0. The fourth-order valence-corrected chi connectivity index (χ4v) is 2.63. The molecule has 0 aliphatic rings. The van der Waals surface area contributed by atoms with E-state index in [1.54, 1.807) is 0 Å².